The Hall–Kier alpha value is -5.38. The summed E-state index contributed by atoms with van der Waals surface area (Å²) in [5.41, 5.74) is 5.70. The number of carbonyl (C=O) groups excluding carboxylic acids is 2. The molecule has 1 atom stereocenters. The molecule has 0 N–H and O–H groups in total. The highest BCUT2D eigenvalue weighted by molar-refractivity contribution is 5.95. The summed E-state index contributed by atoms with van der Waals surface area (Å²) in [5, 5.41) is 0.931. The van der Waals surface area contributed by atoms with Gasteiger partial charge in [0.1, 0.15) is 24.1 Å². The molecule has 1 saturated heterocycles. The fourth-order valence-corrected chi connectivity index (χ4v) is 5.22. The van der Waals surface area contributed by atoms with Gasteiger partial charge in [-0.15, -0.1) is 0 Å². The molecule has 6 rings (SSSR count). The van der Waals surface area contributed by atoms with Crippen LogP contribution in [0.15, 0.2) is 119 Å². The van der Waals surface area contributed by atoms with Crippen molar-refractivity contribution in [2.45, 2.75) is 46.3 Å². The molecule has 1 aliphatic rings. The van der Waals surface area contributed by atoms with E-state index in [4.69, 9.17) is 18.6 Å². The Kier molecular flexibility index (Phi) is 11.3. The highest BCUT2D eigenvalue weighted by Gasteiger charge is 2.34. The van der Waals surface area contributed by atoms with Crippen LogP contribution in [0.3, 0.4) is 0 Å². The molecule has 5 aromatic rings. The lowest BCUT2D eigenvalue weighted by molar-refractivity contribution is -0.160. The van der Waals surface area contributed by atoms with Gasteiger partial charge in [-0.25, -0.2) is 4.79 Å². The monoisotopic (exact) mass is 640 g/mol. The number of aryl methyl sites for hydroxylation is 1. The smallest absolute Gasteiger partial charge is 0.334 e. The maximum absolute atomic E-state index is 13.0. The van der Waals surface area contributed by atoms with Gasteiger partial charge in [-0.05, 0) is 74.4 Å². The highest BCUT2D eigenvalue weighted by atomic mass is 16.6. The molecular weight excluding hydrogens is 600 g/mol. The van der Waals surface area contributed by atoms with Crippen LogP contribution in [0.4, 0.5) is 0 Å². The third-order valence-electron chi connectivity index (χ3n) is 7.82. The maximum Gasteiger partial charge on any atom is 0.334 e. The maximum atomic E-state index is 13.0. The molecule has 6 nitrogen and oxygen atoms in total. The van der Waals surface area contributed by atoms with E-state index in [1.54, 1.807) is 7.11 Å². The SMILES string of the molecule is COCc1ccccc1.Cc1ccc(C#Cc2ccc3oc(CC(C)(C)C(=O)OCC4C/C(=C\c5ccccc5)C(=O)O4)cc3c2)cc1. The molecule has 2 heterocycles. The quantitative estimate of drug-likeness (QED) is 0.0962. The number of hydrogen-bond acceptors (Lipinski definition) is 6. The molecule has 0 aliphatic carbocycles. The van der Waals surface area contributed by atoms with Crippen molar-refractivity contribution in [3.05, 3.63) is 148 Å². The van der Waals surface area contributed by atoms with Gasteiger partial charge in [-0.2, -0.15) is 0 Å². The Bertz CT molecular complexity index is 1920. The second-order valence-corrected chi connectivity index (χ2v) is 12.5. The van der Waals surface area contributed by atoms with Crippen LogP contribution in [0.2, 0.25) is 0 Å². The van der Waals surface area contributed by atoms with Gasteiger partial charge in [0.25, 0.3) is 0 Å². The predicted octanol–water partition coefficient (Wildman–Crippen LogP) is 8.49. The zero-order valence-corrected chi connectivity index (χ0v) is 27.8. The van der Waals surface area contributed by atoms with E-state index in [0.29, 0.717) is 30.8 Å². The van der Waals surface area contributed by atoms with Crippen molar-refractivity contribution in [1.82, 2.24) is 0 Å². The van der Waals surface area contributed by atoms with Crippen molar-refractivity contribution >= 4 is 29.0 Å². The summed E-state index contributed by atoms with van der Waals surface area (Å²) in [6, 6.07) is 35.6. The normalized spacial score (nSPS) is 14.9. The molecule has 4 aromatic carbocycles. The molecule has 1 aromatic heterocycles. The first kappa shape index (κ1) is 34.0. The average Bonchev–Trinajstić information content (AvgIpc) is 3.65. The number of cyclic esters (lactones) is 1. The Morgan fingerprint density at radius 3 is 2.27 bits per heavy atom. The van der Waals surface area contributed by atoms with E-state index in [1.165, 1.54) is 11.1 Å². The van der Waals surface area contributed by atoms with Gasteiger partial charge in [0.15, 0.2) is 0 Å². The van der Waals surface area contributed by atoms with Gasteiger partial charge in [0, 0.05) is 42.0 Å². The highest BCUT2D eigenvalue weighted by Crippen LogP contribution is 2.29. The van der Waals surface area contributed by atoms with Crippen molar-refractivity contribution in [3.63, 3.8) is 0 Å². The molecule has 6 heteroatoms. The van der Waals surface area contributed by atoms with Crippen molar-refractivity contribution in [2.75, 3.05) is 13.7 Å². The third-order valence-corrected chi connectivity index (χ3v) is 7.82. The van der Waals surface area contributed by atoms with Gasteiger partial charge in [0.2, 0.25) is 0 Å². The molecule has 48 heavy (non-hydrogen) atoms. The van der Waals surface area contributed by atoms with Crippen LogP contribution in [-0.2, 0) is 36.8 Å². The standard InChI is InChI=1S/C34H30O5.C8H10O/c1-23-9-11-24(12-10-23)13-14-26-15-16-31-27(17-26)19-29(38-31)21-34(2,3)33(36)37-22-30-20-28(32(35)39-30)18-25-7-5-4-6-8-25;1-9-7-8-5-3-2-4-6-8/h4-12,15-19,30H,20-22H2,1-3H3;2-6H,7H2,1H3/b28-18+;. The molecule has 1 fully saturated rings. The molecule has 1 unspecified atom stereocenters. The first-order valence-corrected chi connectivity index (χ1v) is 16.0. The van der Waals surface area contributed by atoms with E-state index in [0.717, 1.165) is 27.7 Å². The molecule has 0 saturated carbocycles. The molecule has 0 spiro atoms. The van der Waals surface area contributed by atoms with E-state index >= 15 is 0 Å². The fourth-order valence-electron chi connectivity index (χ4n) is 5.22. The molecular formula is C42H40O6. The second kappa shape index (κ2) is 15.9. The lowest BCUT2D eigenvalue weighted by Gasteiger charge is -2.22. The Morgan fingerprint density at radius 1 is 0.896 bits per heavy atom. The van der Waals surface area contributed by atoms with Crippen LogP contribution in [0, 0.1) is 24.2 Å². The minimum atomic E-state index is -0.826. The predicted molar refractivity (Wildman–Crippen MR) is 188 cm³/mol. The Morgan fingerprint density at radius 2 is 1.56 bits per heavy atom. The number of furan rings is 1. The Balaban J connectivity index is 0.000000434. The van der Waals surface area contributed by atoms with E-state index < -0.39 is 11.5 Å². The minimum Gasteiger partial charge on any atom is -0.461 e. The van der Waals surface area contributed by atoms with Gasteiger partial charge in [-0.1, -0.05) is 90.2 Å². The summed E-state index contributed by atoms with van der Waals surface area (Å²) in [4.78, 5) is 25.2. The molecule has 244 valence electrons. The number of rotatable bonds is 8. The summed E-state index contributed by atoms with van der Waals surface area (Å²) >= 11 is 0. The summed E-state index contributed by atoms with van der Waals surface area (Å²) in [6.07, 6.45) is 2.10. The minimum absolute atomic E-state index is 0.0171. The summed E-state index contributed by atoms with van der Waals surface area (Å²) < 4.78 is 21.9. The lowest BCUT2D eigenvalue weighted by atomic mass is 9.88. The molecule has 0 amide bonds. The average molecular weight is 641 g/mol. The lowest BCUT2D eigenvalue weighted by Crippen LogP contribution is -2.31. The van der Waals surface area contributed by atoms with Crippen molar-refractivity contribution < 1.29 is 28.2 Å². The van der Waals surface area contributed by atoms with E-state index in [-0.39, 0.29) is 18.5 Å². The van der Waals surface area contributed by atoms with E-state index in [2.05, 4.69) is 18.8 Å². The van der Waals surface area contributed by atoms with Crippen LogP contribution in [0.5, 0.6) is 0 Å². The topological polar surface area (TPSA) is 75.0 Å². The third kappa shape index (κ3) is 9.57. The number of carbonyl (C=O) groups is 2. The van der Waals surface area contributed by atoms with Crippen LogP contribution in [-0.4, -0.2) is 31.8 Å². The number of ether oxygens (including phenoxy) is 3. The van der Waals surface area contributed by atoms with Crippen molar-refractivity contribution in [3.8, 4) is 11.8 Å². The van der Waals surface area contributed by atoms with Crippen LogP contribution < -0.4 is 0 Å². The van der Waals surface area contributed by atoms with Crippen LogP contribution >= 0.6 is 0 Å². The van der Waals surface area contributed by atoms with Gasteiger partial charge in [0.05, 0.1) is 12.0 Å². The number of hydrogen-bond donors (Lipinski definition) is 0. The number of benzene rings is 4. The van der Waals surface area contributed by atoms with Gasteiger partial charge >= 0.3 is 11.9 Å². The second-order valence-electron chi connectivity index (χ2n) is 12.5. The van der Waals surface area contributed by atoms with Crippen LogP contribution in [0.1, 0.15) is 53.8 Å². The van der Waals surface area contributed by atoms with Gasteiger partial charge < -0.3 is 18.6 Å². The zero-order chi connectivity index (χ0) is 33.9. The largest absolute Gasteiger partial charge is 0.461 e. The Labute approximate surface area is 282 Å². The summed E-state index contributed by atoms with van der Waals surface area (Å²) in [6.45, 7) is 6.42. The number of esters is 2. The van der Waals surface area contributed by atoms with Gasteiger partial charge in [-0.3, -0.25) is 4.79 Å². The summed E-state index contributed by atoms with van der Waals surface area (Å²) in [5.74, 6) is 6.35. The van der Waals surface area contributed by atoms with E-state index in [1.807, 2.05) is 129 Å². The van der Waals surface area contributed by atoms with Crippen molar-refractivity contribution in [1.29, 1.82) is 0 Å². The zero-order valence-electron chi connectivity index (χ0n) is 27.8. The van der Waals surface area contributed by atoms with Crippen LogP contribution in [0.25, 0.3) is 17.0 Å². The van der Waals surface area contributed by atoms with Crippen molar-refractivity contribution in [2.24, 2.45) is 5.41 Å². The number of methoxy groups -OCH3 is 1. The molecule has 1 aliphatic heterocycles. The molecule has 0 radical (unpaired) electrons. The fraction of sp³-hybridized carbons (Fsp3) is 0.238. The molecule has 0 bridgehead atoms. The first-order valence-electron chi connectivity index (χ1n) is 16.0. The summed E-state index contributed by atoms with van der Waals surface area (Å²) in [7, 11) is 1.70. The number of fused-ring (bicyclic) bond motifs is 1. The van der Waals surface area contributed by atoms with E-state index in [9.17, 15) is 9.59 Å². The first-order chi connectivity index (χ1) is 23.2.